The van der Waals surface area contributed by atoms with Gasteiger partial charge in [-0.15, -0.1) is 0 Å². The third kappa shape index (κ3) is 6.63. The first kappa shape index (κ1) is 30.2. The number of primary amides is 1. The van der Waals surface area contributed by atoms with E-state index < -0.39 is 23.8 Å². The zero-order valence-corrected chi connectivity index (χ0v) is 25.6. The standard InChI is InChI=1S/C33H33BrF3N5O2/c34-25-7-10-30-27(17-25)28(31-18-29(40-42(31)32(38)43)23-3-5-24(6-4-23)33(35,36)37)20-41(30)19-22-1-8-26(9-2-22)44-16-13-21-11-14-39-15-12-21/h1-10,17,20-21,31,39H,11-16,18-19H2,(H2,38,43). The summed E-state index contributed by atoms with van der Waals surface area (Å²) < 4.78 is 48.3. The van der Waals surface area contributed by atoms with Crippen LogP contribution in [0.2, 0.25) is 0 Å². The van der Waals surface area contributed by atoms with Crippen molar-refractivity contribution in [3.63, 3.8) is 0 Å². The lowest BCUT2D eigenvalue weighted by atomic mass is 9.95. The number of urea groups is 1. The molecular weight excluding hydrogens is 635 g/mol. The van der Waals surface area contributed by atoms with Gasteiger partial charge in [-0.3, -0.25) is 0 Å². The number of aromatic nitrogens is 1. The van der Waals surface area contributed by atoms with Crippen LogP contribution in [0.5, 0.6) is 5.75 Å². The largest absolute Gasteiger partial charge is 0.494 e. The van der Waals surface area contributed by atoms with Crippen LogP contribution in [0.3, 0.4) is 0 Å². The van der Waals surface area contributed by atoms with Gasteiger partial charge in [-0.2, -0.15) is 18.3 Å². The fourth-order valence-electron chi connectivity index (χ4n) is 6.08. The zero-order valence-electron chi connectivity index (χ0n) is 24.0. The number of nitrogens with two attached hydrogens (primary N) is 1. The minimum absolute atomic E-state index is 0.309. The van der Waals surface area contributed by atoms with Crippen LogP contribution in [0, 0.1) is 5.92 Å². The lowest BCUT2D eigenvalue weighted by Gasteiger charge is -2.22. The predicted octanol–water partition coefficient (Wildman–Crippen LogP) is 7.47. The van der Waals surface area contributed by atoms with Crippen LogP contribution in [0.4, 0.5) is 18.0 Å². The number of fused-ring (bicyclic) bond motifs is 1. The van der Waals surface area contributed by atoms with E-state index in [9.17, 15) is 18.0 Å². The Bertz CT molecular complexity index is 1660. The number of piperidine rings is 1. The predicted molar refractivity (Wildman–Crippen MR) is 168 cm³/mol. The topological polar surface area (TPSA) is 84.9 Å². The highest BCUT2D eigenvalue weighted by Crippen LogP contribution is 2.39. The van der Waals surface area contributed by atoms with Crippen molar-refractivity contribution in [3.05, 3.63) is 99.7 Å². The molecule has 1 atom stereocenters. The number of nitrogens with zero attached hydrogens (tertiary/aromatic N) is 3. The van der Waals surface area contributed by atoms with Crippen LogP contribution >= 0.6 is 15.9 Å². The molecular formula is C33H33BrF3N5O2. The number of rotatable bonds is 8. The van der Waals surface area contributed by atoms with E-state index in [0.29, 0.717) is 36.8 Å². The van der Waals surface area contributed by atoms with Crippen molar-refractivity contribution in [2.24, 2.45) is 16.8 Å². The van der Waals surface area contributed by atoms with Gasteiger partial charge in [-0.1, -0.05) is 40.2 Å². The van der Waals surface area contributed by atoms with Crippen molar-refractivity contribution in [1.29, 1.82) is 0 Å². The second-order valence-corrected chi connectivity index (χ2v) is 12.3. The molecule has 1 fully saturated rings. The van der Waals surface area contributed by atoms with E-state index in [0.717, 1.165) is 63.9 Å². The number of hydrazone groups is 1. The highest BCUT2D eigenvalue weighted by atomic mass is 79.9. The second-order valence-electron chi connectivity index (χ2n) is 11.4. The molecule has 7 nitrogen and oxygen atoms in total. The minimum atomic E-state index is -4.44. The van der Waals surface area contributed by atoms with Gasteiger partial charge in [0.1, 0.15) is 5.75 Å². The molecule has 1 aromatic heterocycles. The summed E-state index contributed by atoms with van der Waals surface area (Å²) in [6, 6.07) is 17.6. The normalized spacial score (nSPS) is 17.7. The molecule has 2 aliphatic heterocycles. The second kappa shape index (κ2) is 12.6. The minimum Gasteiger partial charge on any atom is -0.494 e. The quantitative estimate of drug-likeness (QED) is 0.204. The van der Waals surface area contributed by atoms with Gasteiger partial charge in [-0.25, -0.2) is 9.80 Å². The molecule has 3 N–H and O–H groups in total. The maximum Gasteiger partial charge on any atom is 0.416 e. The van der Waals surface area contributed by atoms with Crippen LogP contribution in [0.1, 0.15) is 54.0 Å². The summed E-state index contributed by atoms with van der Waals surface area (Å²) in [5.41, 5.74) is 8.91. The smallest absolute Gasteiger partial charge is 0.416 e. The van der Waals surface area contributed by atoms with Gasteiger partial charge < -0.3 is 20.4 Å². The lowest BCUT2D eigenvalue weighted by Crippen LogP contribution is -2.31. The molecule has 0 radical (unpaired) electrons. The van der Waals surface area contributed by atoms with E-state index in [1.807, 2.05) is 36.5 Å². The Hall–Kier alpha value is -3.83. The van der Waals surface area contributed by atoms with Gasteiger partial charge in [0, 0.05) is 40.1 Å². The van der Waals surface area contributed by atoms with Gasteiger partial charge in [-0.05, 0) is 91.9 Å². The highest BCUT2D eigenvalue weighted by Gasteiger charge is 2.35. The van der Waals surface area contributed by atoms with Crippen molar-refractivity contribution in [1.82, 2.24) is 14.9 Å². The maximum absolute atomic E-state index is 13.1. The first-order valence-electron chi connectivity index (χ1n) is 14.7. The maximum atomic E-state index is 13.1. The number of carbonyl (C=O) groups excluding carboxylic acids is 1. The Kier molecular flexibility index (Phi) is 8.68. The molecule has 0 saturated carbocycles. The molecule has 1 saturated heterocycles. The number of amides is 2. The fourth-order valence-corrected chi connectivity index (χ4v) is 6.44. The number of benzene rings is 3. The van der Waals surface area contributed by atoms with Crippen LogP contribution in [0.15, 0.2) is 82.5 Å². The zero-order chi connectivity index (χ0) is 30.8. The molecule has 3 aromatic carbocycles. The molecule has 2 amide bonds. The van der Waals surface area contributed by atoms with Crippen LogP contribution in [0.25, 0.3) is 10.9 Å². The third-order valence-corrected chi connectivity index (χ3v) is 8.94. The van der Waals surface area contributed by atoms with Gasteiger partial charge in [0.2, 0.25) is 0 Å². The Labute approximate surface area is 262 Å². The molecule has 6 rings (SSSR count). The molecule has 3 heterocycles. The number of hydrogen-bond acceptors (Lipinski definition) is 4. The summed E-state index contributed by atoms with van der Waals surface area (Å²) in [6.45, 7) is 3.46. The number of ether oxygens (including phenoxy) is 1. The van der Waals surface area contributed by atoms with Crippen molar-refractivity contribution in [3.8, 4) is 5.75 Å². The molecule has 4 aromatic rings. The first-order valence-corrected chi connectivity index (χ1v) is 15.5. The fraction of sp³-hybridized carbons (Fsp3) is 0.333. The first-order chi connectivity index (χ1) is 21.2. The van der Waals surface area contributed by atoms with E-state index >= 15 is 0 Å². The summed E-state index contributed by atoms with van der Waals surface area (Å²) in [5.74, 6) is 1.56. The average molecular weight is 669 g/mol. The Balaban J connectivity index is 1.21. The van der Waals surface area contributed by atoms with Gasteiger partial charge in [0.05, 0.1) is 23.9 Å². The summed E-state index contributed by atoms with van der Waals surface area (Å²) in [6.07, 6.45) is 1.34. The molecule has 2 aliphatic rings. The van der Waals surface area contributed by atoms with E-state index in [-0.39, 0.29) is 0 Å². The summed E-state index contributed by atoms with van der Waals surface area (Å²) in [5, 5.41) is 10.00. The molecule has 0 spiro atoms. The Morgan fingerprint density at radius 1 is 1.05 bits per heavy atom. The summed E-state index contributed by atoms with van der Waals surface area (Å²) in [4.78, 5) is 12.5. The Morgan fingerprint density at radius 3 is 2.45 bits per heavy atom. The van der Waals surface area contributed by atoms with E-state index in [1.165, 1.54) is 30.0 Å². The average Bonchev–Trinajstić information content (AvgIpc) is 3.60. The number of nitrogens with one attached hydrogen (secondary N) is 1. The van der Waals surface area contributed by atoms with Gasteiger partial charge >= 0.3 is 12.2 Å². The summed E-state index contributed by atoms with van der Waals surface area (Å²) >= 11 is 3.57. The van der Waals surface area contributed by atoms with Crippen molar-refractivity contribution < 1.29 is 22.7 Å². The lowest BCUT2D eigenvalue weighted by molar-refractivity contribution is -0.137. The van der Waals surface area contributed by atoms with Crippen LogP contribution in [-0.2, 0) is 12.7 Å². The van der Waals surface area contributed by atoms with Crippen LogP contribution < -0.4 is 15.8 Å². The van der Waals surface area contributed by atoms with Crippen LogP contribution in [-0.4, -0.2) is 41.0 Å². The number of hydrogen-bond donors (Lipinski definition) is 2. The monoisotopic (exact) mass is 667 g/mol. The highest BCUT2D eigenvalue weighted by molar-refractivity contribution is 9.10. The summed E-state index contributed by atoms with van der Waals surface area (Å²) in [7, 11) is 0. The SMILES string of the molecule is NC(=O)N1N=C(c2ccc(C(F)(F)F)cc2)CC1c1cn(Cc2ccc(OCCC3CCNCC3)cc2)c2ccc(Br)cc12. The molecule has 11 heteroatoms. The number of halogens is 4. The van der Waals surface area contributed by atoms with E-state index in [4.69, 9.17) is 10.5 Å². The molecule has 230 valence electrons. The number of alkyl halides is 3. The van der Waals surface area contributed by atoms with Gasteiger partial charge in [0.25, 0.3) is 0 Å². The third-order valence-electron chi connectivity index (χ3n) is 8.44. The molecule has 0 bridgehead atoms. The van der Waals surface area contributed by atoms with Crippen molar-refractivity contribution in [2.75, 3.05) is 19.7 Å². The van der Waals surface area contributed by atoms with Crippen molar-refractivity contribution >= 4 is 38.6 Å². The van der Waals surface area contributed by atoms with Gasteiger partial charge in [0.15, 0.2) is 0 Å². The molecule has 0 aliphatic carbocycles. The molecule has 1 unspecified atom stereocenters. The number of carbonyl (C=O) groups is 1. The van der Waals surface area contributed by atoms with Crippen molar-refractivity contribution in [2.45, 2.75) is 44.4 Å². The van der Waals surface area contributed by atoms with E-state index in [1.54, 1.807) is 0 Å². The van der Waals surface area contributed by atoms with E-state index in [2.05, 4.69) is 43.0 Å². The Morgan fingerprint density at radius 2 is 1.77 bits per heavy atom. The molecule has 44 heavy (non-hydrogen) atoms.